The monoisotopic (exact) mass is 762 g/mol. The summed E-state index contributed by atoms with van der Waals surface area (Å²) in [5.74, 6) is -6.60. The maximum Gasteiger partial charge on any atom is 0.335 e. The molecule has 4 amide bonds. The zero-order valence-corrected chi connectivity index (χ0v) is 28.3. The lowest BCUT2D eigenvalue weighted by molar-refractivity contribution is -0.131. The highest BCUT2D eigenvalue weighted by Gasteiger charge is 2.68. The number of benzene rings is 3. The number of ether oxygens (including phenoxy) is 1. The van der Waals surface area contributed by atoms with E-state index in [-0.39, 0.29) is 41.5 Å². The number of para-hydroxylation sites is 1. The number of methoxy groups -OCH3 is 1. The van der Waals surface area contributed by atoms with E-state index in [1.54, 1.807) is 43.3 Å². The third kappa shape index (κ3) is 4.37. The largest absolute Gasteiger partial charge is 0.503 e. The van der Waals surface area contributed by atoms with Crippen molar-refractivity contribution in [3.63, 3.8) is 0 Å². The van der Waals surface area contributed by atoms with Crippen LogP contribution in [0.5, 0.6) is 11.5 Å². The average molecular weight is 764 g/mol. The number of nitrogens with zero attached hydrogens (tertiary/aromatic N) is 2. The number of carbonyl (C=O) groups excluding carboxylic acids is 4. The van der Waals surface area contributed by atoms with Crippen LogP contribution in [0, 0.1) is 29.1 Å². The number of carboxylic acids is 1. The molecule has 0 bridgehead atoms. The molecule has 0 radical (unpaired) electrons. The number of phenols is 1. The van der Waals surface area contributed by atoms with Crippen molar-refractivity contribution in [3.05, 3.63) is 92.4 Å². The number of rotatable bonds is 5. The summed E-state index contributed by atoms with van der Waals surface area (Å²) < 4.78 is 6.26. The second-order valence-electron chi connectivity index (χ2n) is 12.5. The van der Waals surface area contributed by atoms with E-state index >= 15 is 0 Å². The van der Waals surface area contributed by atoms with Gasteiger partial charge in [0, 0.05) is 10.4 Å². The Balaban J connectivity index is 1.40. The SMILES string of the molecule is COc1cc([C@H]2C3=CC[C@@H]4C(=O)N(c5cccc(C(=O)O)c5)C(=O)[C@@H]4[C@@H]3C[C@H]3C(=O)N(c4ccccc4)C(=O)[C@@]23C)c(Br)c(Br)c1O. The molecule has 7 rings (SSSR count). The van der Waals surface area contributed by atoms with Crippen molar-refractivity contribution in [2.24, 2.45) is 29.1 Å². The van der Waals surface area contributed by atoms with E-state index in [1.165, 1.54) is 36.3 Å². The number of halogens is 2. The third-order valence-corrected chi connectivity index (χ3v) is 12.5. The zero-order valence-electron chi connectivity index (χ0n) is 25.1. The summed E-state index contributed by atoms with van der Waals surface area (Å²) in [7, 11) is 1.41. The fourth-order valence-corrected chi connectivity index (χ4v) is 9.15. The van der Waals surface area contributed by atoms with Gasteiger partial charge in [0.25, 0.3) is 0 Å². The Hall–Kier alpha value is -4.29. The summed E-state index contributed by atoms with van der Waals surface area (Å²) in [5, 5.41) is 20.3. The van der Waals surface area contributed by atoms with Crippen molar-refractivity contribution in [2.45, 2.75) is 25.7 Å². The van der Waals surface area contributed by atoms with Crippen molar-refractivity contribution in [3.8, 4) is 11.5 Å². The number of hydrogen-bond donors (Lipinski definition) is 2. The second kappa shape index (κ2) is 11.2. The maximum absolute atomic E-state index is 14.6. The Labute approximate surface area is 286 Å². The summed E-state index contributed by atoms with van der Waals surface area (Å²) in [6, 6.07) is 16.0. The molecular formula is C35H28Br2N2O8. The third-order valence-electron chi connectivity index (χ3n) is 10.3. The van der Waals surface area contributed by atoms with Gasteiger partial charge in [-0.1, -0.05) is 35.9 Å². The number of amides is 4. The van der Waals surface area contributed by atoms with Gasteiger partial charge in [0.1, 0.15) is 0 Å². The Morgan fingerprint density at radius 1 is 0.894 bits per heavy atom. The molecule has 12 heteroatoms. The van der Waals surface area contributed by atoms with Crippen molar-refractivity contribution in [1.29, 1.82) is 0 Å². The molecule has 0 aromatic heterocycles. The number of fused-ring (bicyclic) bond motifs is 4. The van der Waals surface area contributed by atoms with Gasteiger partial charge >= 0.3 is 5.97 Å². The maximum atomic E-state index is 14.6. The first-order chi connectivity index (χ1) is 22.4. The molecule has 2 heterocycles. The Morgan fingerprint density at radius 3 is 2.28 bits per heavy atom. The predicted molar refractivity (Wildman–Crippen MR) is 177 cm³/mol. The average Bonchev–Trinajstić information content (AvgIpc) is 3.44. The predicted octanol–water partition coefficient (Wildman–Crippen LogP) is 6.06. The highest BCUT2D eigenvalue weighted by atomic mass is 79.9. The van der Waals surface area contributed by atoms with Crippen LogP contribution in [0.4, 0.5) is 11.4 Å². The van der Waals surface area contributed by atoms with Gasteiger partial charge in [-0.05, 0) is 99.5 Å². The van der Waals surface area contributed by atoms with Gasteiger partial charge in [0.05, 0.1) is 51.7 Å². The van der Waals surface area contributed by atoms with Crippen molar-refractivity contribution in [1.82, 2.24) is 0 Å². The summed E-state index contributed by atoms with van der Waals surface area (Å²) in [4.78, 5) is 71.1. The summed E-state index contributed by atoms with van der Waals surface area (Å²) in [5.41, 5.74) is 0.582. The summed E-state index contributed by atoms with van der Waals surface area (Å²) in [6.45, 7) is 1.78. The standard InChI is InChI=1S/C35H28Br2N2O8/c1-35-23(31(42)39(34(35)46)17-8-4-3-5-9-17)14-21-19(26(35)22-15-24(47-2)29(40)28(37)27(22)36)11-12-20-25(21)32(43)38(30(20)41)18-10-6-7-16(13-18)33(44)45/h3-11,13,15,20-21,23,25-26,40H,12,14H2,1-2H3,(H,44,45)/t20-,21+,23-,25-,26+,35+/m0/s1. The minimum Gasteiger partial charge on any atom is -0.503 e. The number of allylic oxidation sites excluding steroid dienone is 2. The molecule has 4 aliphatic rings. The summed E-state index contributed by atoms with van der Waals surface area (Å²) >= 11 is 7.07. The first-order valence-corrected chi connectivity index (χ1v) is 16.6. The van der Waals surface area contributed by atoms with E-state index in [2.05, 4.69) is 31.9 Å². The minimum absolute atomic E-state index is 0.0574. The number of carboxylic acid groups (broad SMARTS) is 1. The molecule has 2 N–H and O–H groups in total. The highest BCUT2D eigenvalue weighted by molar-refractivity contribution is 9.13. The molecule has 0 unspecified atom stereocenters. The normalized spacial score (nSPS) is 28.2. The molecule has 10 nitrogen and oxygen atoms in total. The van der Waals surface area contributed by atoms with E-state index < -0.39 is 58.7 Å². The number of hydrogen-bond acceptors (Lipinski definition) is 7. The van der Waals surface area contributed by atoms with Crippen LogP contribution in [-0.4, -0.2) is 46.9 Å². The minimum atomic E-state index is -1.30. The molecule has 0 spiro atoms. The lowest BCUT2D eigenvalue weighted by atomic mass is 9.51. The van der Waals surface area contributed by atoms with Gasteiger partial charge in [0.15, 0.2) is 11.5 Å². The molecule has 47 heavy (non-hydrogen) atoms. The van der Waals surface area contributed by atoms with Gasteiger partial charge in [-0.15, -0.1) is 0 Å². The number of aromatic hydroxyl groups is 1. The number of anilines is 2. The Bertz CT molecular complexity index is 1940. The first-order valence-electron chi connectivity index (χ1n) is 15.0. The molecule has 3 aromatic rings. The van der Waals surface area contributed by atoms with Gasteiger partial charge in [0.2, 0.25) is 23.6 Å². The van der Waals surface area contributed by atoms with Crippen LogP contribution in [0.15, 0.2) is 81.3 Å². The Morgan fingerprint density at radius 2 is 1.60 bits per heavy atom. The van der Waals surface area contributed by atoms with Gasteiger partial charge in [-0.2, -0.15) is 0 Å². The molecule has 240 valence electrons. The van der Waals surface area contributed by atoms with Crippen LogP contribution in [0.25, 0.3) is 0 Å². The second-order valence-corrected chi connectivity index (χ2v) is 14.1. The molecule has 3 aromatic carbocycles. The van der Waals surface area contributed by atoms with Gasteiger partial charge in [-0.25, -0.2) is 9.69 Å². The lowest BCUT2D eigenvalue weighted by Crippen LogP contribution is -2.49. The smallest absolute Gasteiger partial charge is 0.335 e. The zero-order chi connectivity index (χ0) is 33.5. The van der Waals surface area contributed by atoms with Crippen LogP contribution in [0.2, 0.25) is 0 Å². The van der Waals surface area contributed by atoms with Crippen LogP contribution in [0.1, 0.15) is 41.6 Å². The van der Waals surface area contributed by atoms with E-state index in [9.17, 15) is 34.2 Å². The van der Waals surface area contributed by atoms with Crippen LogP contribution in [-0.2, 0) is 19.2 Å². The van der Waals surface area contributed by atoms with Crippen LogP contribution < -0.4 is 14.5 Å². The summed E-state index contributed by atoms with van der Waals surface area (Å²) in [6.07, 6.45) is 2.29. The first kappa shape index (κ1) is 31.3. The van der Waals surface area contributed by atoms with E-state index in [4.69, 9.17) is 4.74 Å². The molecule has 2 aliphatic heterocycles. The molecule has 2 aliphatic carbocycles. The van der Waals surface area contributed by atoms with Crippen LogP contribution in [0.3, 0.4) is 0 Å². The van der Waals surface area contributed by atoms with Crippen molar-refractivity contribution >= 4 is 72.8 Å². The molecular weight excluding hydrogens is 736 g/mol. The number of carbonyl (C=O) groups is 5. The molecule has 2 saturated heterocycles. The molecule has 3 fully saturated rings. The lowest BCUT2D eigenvalue weighted by Gasteiger charge is -2.49. The Kier molecular flexibility index (Phi) is 7.43. The molecule has 6 atom stereocenters. The van der Waals surface area contributed by atoms with E-state index in [0.29, 0.717) is 20.2 Å². The van der Waals surface area contributed by atoms with E-state index in [0.717, 1.165) is 10.5 Å². The molecule has 1 saturated carbocycles. The topological polar surface area (TPSA) is 142 Å². The van der Waals surface area contributed by atoms with Crippen LogP contribution >= 0.6 is 31.9 Å². The fourth-order valence-electron chi connectivity index (χ4n) is 8.19. The van der Waals surface area contributed by atoms with Crippen molar-refractivity contribution in [2.75, 3.05) is 16.9 Å². The van der Waals surface area contributed by atoms with Gasteiger partial charge in [-0.3, -0.25) is 24.1 Å². The van der Waals surface area contributed by atoms with E-state index in [1.807, 2.05) is 6.08 Å². The number of aromatic carboxylic acids is 1. The highest BCUT2D eigenvalue weighted by Crippen LogP contribution is 2.65. The van der Waals surface area contributed by atoms with Gasteiger partial charge < -0.3 is 14.9 Å². The fraction of sp³-hybridized carbons (Fsp3) is 0.286. The number of imide groups is 2. The number of phenolic OH excluding ortho intramolecular Hbond substituents is 1. The quantitative estimate of drug-likeness (QED) is 0.236. The van der Waals surface area contributed by atoms with Crippen molar-refractivity contribution < 1.29 is 38.9 Å².